The number of amides is 4. The highest BCUT2D eigenvalue weighted by Crippen LogP contribution is 2.48. The van der Waals surface area contributed by atoms with Crippen LogP contribution >= 0.6 is 0 Å². The van der Waals surface area contributed by atoms with Gasteiger partial charge in [0.05, 0.1) is 17.9 Å². The van der Waals surface area contributed by atoms with Crippen molar-refractivity contribution in [3.63, 3.8) is 0 Å². The van der Waals surface area contributed by atoms with Crippen molar-refractivity contribution < 1.29 is 55.0 Å². The summed E-state index contributed by atoms with van der Waals surface area (Å²) in [6.45, 7) is 6.99. The normalized spacial score (nSPS) is 29.9. The smallest absolute Gasteiger partial charge is 0.427 e. The molecule has 7 atom stereocenters. The molecule has 1 saturated heterocycles. The van der Waals surface area contributed by atoms with Crippen LogP contribution in [0.4, 0.5) is 18.0 Å². The molecule has 2 aliphatic carbocycles. The van der Waals surface area contributed by atoms with Crippen LogP contribution in [0.2, 0.25) is 0 Å². The second kappa shape index (κ2) is 16.0. The fourth-order valence-corrected chi connectivity index (χ4v) is 9.87. The van der Waals surface area contributed by atoms with Crippen LogP contribution in [-0.4, -0.2) is 95.5 Å². The minimum absolute atomic E-state index is 0.0306. The lowest BCUT2D eigenvalue weighted by atomic mass is 9.85. The molecule has 4 amide bonds. The fraction of sp³-hybridized carbons (Fsp3) is 0.643. The molecular formula is C42H54F3N5O9S. The number of pyridine rings is 1. The summed E-state index contributed by atoms with van der Waals surface area (Å²) in [5.74, 6) is -2.94. The molecule has 2 aromatic rings. The van der Waals surface area contributed by atoms with Gasteiger partial charge < -0.3 is 29.7 Å². The number of aryl methyl sites for hydroxylation is 1. The van der Waals surface area contributed by atoms with Gasteiger partial charge in [0.25, 0.3) is 5.91 Å². The van der Waals surface area contributed by atoms with Gasteiger partial charge in [0.2, 0.25) is 39.2 Å². The van der Waals surface area contributed by atoms with Crippen molar-refractivity contribution >= 4 is 44.6 Å². The Labute approximate surface area is 347 Å². The molecule has 3 aliphatic heterocycles. The molecule has 3 N–H and O–H groups in total. The molecular weight excluding hydrogens is 808 g/mol. The first kappa shape index (κ1) is 43.5. The number of hydrogen-bond donors (Lipinski definition) is 3. The first-order chi connectivity index (χ1) is 28.2. The van der Waals surface area contributed by atoms with Crippen LogP contribution in [0, 0.1) is 17.8 Å². The van der Waals surface area contributed by atoms with Crippen molar-refractivity contribution in [2.45, 2.75) is 139 Å². The predicted molar refractivity (Wildman–Crippen MR) is 213 cm³/mol. The van der Waals surface area contributed by atoms with E-state index in [9.17, 15) is 40.8 Å². The van der Waals surface area contributed by atoms with Crippen LogP contribution < -0.4 is 24.8 Å². The van der Waals surface area contributed by atoms with Crippen molar-refractivity contribution in [3.05, 3.63) is 42.0 Å². The molecule has 4 heterocycles. The van der Waals surface area contributed by atoms with Crippen molar-refractivity contribution in [3.8, 4) is 11.8 Å². The Bertz CT molecular complexity index is 2180. The third-order valence-corrected chi connectivity index (χ3v) is 15.1. The van der Waals surface area contributed by atoms with Gasteiger partial charge in [0, 0.05) is 23.3 Å². The first-order valence-electron chi connectivity index (χ1n) is 20.8. The number of alkyl carbamates (subject to hydrolysis) is 1. The number of hydrogen-bond acceptors (Lipinski definition) is 10. The third kappa shape index (κ3) is 8.49. The Morgan fingerprint density at radius 1 is 1.12 bits per heavy atom. The number of halogens is 3. The number of fused-ring (bicyclic) bond motifs is 5. The summed E-state index contributed by atoms with van der Waals surface area (Å²) in [7, 11) is -4.08. The number of carbonyl (C=O) groups excluding carboxylic acids is 4. The second-order valence-electron chi connectivity index (χ2n) is 17.9. The minimum atomic E-state index is -4.91. The zero-order valence-corrected chi connectivity index (χ0v) is 35.3. The number of allylic oxidation sites excluding steroid dienone is 1. The third-order valence-electron chi connectivity index (χ3n) is 12.9. The monoisotopic (exact) mass is 861 g/mol. The second-order valence-corrected chi connectivity index (χ2v) is 20.1. The molecule has 14 nitrogen and oxygen atoms in total. The minimum Gasteiger partial charge on any atom is -0.477 e. The number of alkyl halides is 3. The predicted octanol–water partition coefficient (Wildman–Crippen LogP) is 5.62. The Kier molecular flexibility index (Phi) is 11.6. The van der Waals surface area contributed by atoms with Crippen molar-refractivity contribution in [2.75, 3.05) is 13.2 Å². The fourth-order valence-electron chi connectivity index (χ4n) is 8.56. The zero-order chi connectivity index (χ0) is 43.4. The van der Waals surface area contributed by atoms with E-state index in [1.165, 1.54) is 4.90 Å². The van der Waals surface area contributed by atoms with E-state index in [2.05, 4.69) is 15.4 Å². The van der Waals surface area contributed by atoms with Gasteiger partial charge in [0.15, 0.2) is 0 Å². The molecule has 2 saturated carbocycles. The molecule has 1 aromatic carbocycles. The summed E-state index contributed by atoms with van der Waals surface area (Å²) in [4.78, 5) is 62.9. The molecule has 0 bridgehead atoms. The maximum Gasteiger partial charge on any atom is 0.427 e. The Balaban J connectivity index is 1.25. The van der Waals surface area contributed by atoms with Crippen LogP contribution in [0.1, 0.15) is 98.0 Å². The average molecular weight is 862 g/mol. The molecule has 3 fully saturated rings. The Morgan fingerprint density at radius 3 is 2.52 bits per heavy atom. The number of aromatic nitrogens is 1. The molecule has 5 aliphatic rings. The van der Waals surface area contributed by atoms with Gasteiger partial charge in [0.1, 0.15) is 23.7 Å². The Hall–Kier alpha value is -4.61. The number of ether oxygens (including phenoxy) is 3. The van der Waals surface area contributed by atoms with Crippen LogP contribution in [0.15, 0.2) is 36.4 Å². The van der Waals surface area contributed by atoms with Crippen molar-refractivity contribution in [1.82, 2.24) is 25.2 Å². The van der Waals surface area contributed by atoms with E-state index in [0.29, 0.717) is 70.2 Å². The van der Waals surface area contributed by atoms with Crippen LogP contribution in [0.25, 0.3) is 10.8 Å². The van der Waals surface area contributed by atoms with E-state index < -0.39 is 85.9 Å². The van der Waals surface area contributed by atoms with E-state index >= 15 is 0 Å². The number of sulfonamides is 1. The van der Waals surface area contributed by atoms with Gasteiger partial charge in [-0.15, -0.1) is 0 Å². The molecule has 0 radical (unpaired) electrons. The maximum atomic E-state index is 15.0. The van der Waals surface area contributed by atoms with Crippen LogP contribution in [0.3, 0.4) is 0 Å². The van der Waals surface area contributed by atoms with E-state index in [0.717, 1.165) is 23.8 Å². The molecule has 0 unspecified atom stereocenters. The standard InChI is InChI=1S/C42H54F3N5O9S/c1-6-25-20-24(2)12-7-8-13-26-22-41(26,37(53)49-60(55,56)40(5)17-18-40)48-33(51)31-21-27(23-50(31)36(52)32(25)46-38(54)59-39(3,4)42(43,44)45)58-35-30-15-10-9-14-28(30)29-16-11-19-57-34(29)47-35/h8-10,13-15,24-27,31-32H,6-7,11-12,16-23H2,1-5H3,(H,46,54)(H,48,51)(H,49,53)/b13-8-/t24-,25+,26+,27+,31-,32-,41+/m0/s1. The lowest BCUT2D eigenvalue weighted by molar-refractivity contribution is -0.244. The van der Waals surface area contributed by atoms with Crippen LogP contribution in [-0.2, 0) is 35.6 Å². The highest BCUT2D eigenvalue weighted by Gasteiger charge is 2.63. The van der Waals surface area contributed by atoms with Gasteiger partial charge in [-0.25, -0.2) is 13.2 Å². The van der Waals surface area contributed by atoms with E-state index in [4.69, 9.17) is 19.2 Å². The highest BCUT2D eigenvalue weighted by molar-refractivity contribution is 7.91. The van der Waals surface area contributed by atoms with Gasteiger partial charge >= 0.3 is 12.3 Å². The summed E-state index contributed by atoms with van der Waals surface area (Å²) in [5.41, 5.74) is -3.60. The largest absolute Gasteiger partial charge is 0.477 e. The molecule has 1 aromatic heterocycles. The van der Waals surface area contributed by atoms with Crippen molar-refractivity contribution in [2.24, 2.45) is 17.8 Å². The average Bonchev–Trinajstić information content (AvgIpc) is 4.07. The SMILES string of the molecule is CC[C@@H]1C[C@@H](C)CC/C=C\[C@@H]2C[C@@]2(C(=O)NS(=O)(=O)C2(C)CC2)NC(=O)[C@@H]2C[C@@H](Oc3nc4c(c5ccccc35)CCCO4)CN2C(=O)[C@H]1NC(=O)OC(C)(C)C(F)(F)F. The summed E-state index contributed by atoms with van der Waals surface area (Å²) in [6.07, 6.45) is 0.674. The zero-order valence-electron chi connectivity index (χ0n) is 34.5. The summed E-state index contributed by atoms with van der Waals surface area (Å²) in [6, 6.07) is 4.76. The van der Waals surface area contributed by atoms with Crippen LogP contribution in [0.5, 0.6) is 11.8 Å². The molecule has 328 valence electrons. The number of nitrogens with one attached hydrogen (secondary N) is 3. The molecule has 18 heteroatoms. The number of nitrogens with zero attached hydrogens (tertiary/aromatic N) is 2. The van der Waals surface area contributed by atoms with Crippen molar-refractivity contribution in [1.29, 1.82) is 0 Å². The number of carbonyl (C=O) groups is 4. The highest BCUT2D eigenvalue weighted by atomic mass is 32.2. The number of rotatable bonds is 8. The van der Waals surface area contributed by atoms with E-state index in [-0.39, 0.29) is 31.2 Å². The Morgan fingerprint density at radius 2 is 1.83 bits per heavy atom. The summed E-state index contributed by atoms with van der Waals surface area (Å²) >= 11 is 0. The van der Waals surface area contributed by atoms with Gasteiger partial charge in [-0.2, -0.15) is 18.2 Å². The topological polar surface area (TPSA) is 182 Å². The molecule has 7 rings (SSSR count). The van der Waals surface area contributed by atoms with E-state index in [1.807, 2.05) is 37.3 Å². The van der Waals surface area contributed by atoms with Gasteiger partial charge in [-0.05, 0) is 95.4 Å². The summed E-state index contributed by atoms with van der Waals surface area (Å²) in [5, 5.41) is 6.84. The van der Waals surface area contributed by atoms with E-state index in [1.54, 1.807) is 19.9 Å². The quantitative estimate of drug-likeness (QED) is 0.282. The maximum absolute atomic E-state index is 15.0. The van der Waals surface area contributed by atoms with Gasteiger partial charge in [-0.3, -0.25) is 19.1 Å². The lowest BCUT2D eigenvalue weighted by Gasteiger charge is -2.35. The van der Waals surface area contributed by atoms with Gasteiger partial charge in [-0.1, -0.05) is 50.6 Å². The lowest BCUT2D eigenvalue weighted by Crippen LogP contribution is -2.60. The summed E-state index contributed by atoms with van der Waals surface area (Å²) < 4.78 is 86.4. The molecule has 60 heavy (non-hydrogen) atoms. The first-order valence-corrected chi connectivity index (χ1v) is 22.3. The number of benzene rings is 1. The molecule has 0 spiro atoms.